The van der Waals surface area contributed by atoms with Crippen LogP contribution in [0.25, 0.3) is 0 Å². The monoisotopic (exact) mass is 455 g/mol. The lowest BCUT2D eigenvalue weighted by Gasteiger charge is -2.15. The first-order valence-corrected chi connectivity index (χ1v) is 8.75. The molecular weight excluding hydrogens is 425 g/mol. The zero-order chi connectivity index (χ0) is 16.0. The molecule has 0 radical (unpaired) electrons. The number of halogens is 1. The van der Waals surface area contributed by atoms with E-state index in [2.05, 4.69) is 39.4 Å². The van der Waals surface area contributed by atoms with Crippen molar-refractivity contribution in [1.29, 1.82) is 0 Å². The number of nitrogens with zero attached hydrogens (tertiary/aromatic N) is 1. The third kappa shape index (κ3) is 10.9. The predicted octanol–water partition coefficient (Wildman–Crippen LogP) is 3.08. The van der Waals surface area contributed by atoms with Gasteiger partial charge in [0, 0.05) is 33.9 Å². The molecule has 1 aromatic heterocycles. The lowest BCUT2D eigenvalue weighted by Crippen LogP contribution is -2.39. The van der Waals surface area contributed by atoms with Gasteiger partial charge in [-0.05, 0) is 41.1 Å². The van der Waals surface area contributed by atoms with Crippen molar-refractivity contribution in [1.82, 2.24) is 10.6 Å². The fourth-order valence-electron chi connectivity index (χ4n) is 1.92. The minimum Gasteiger partial charge on any atom is -0.382 e. The largest absolute Gasteiger partial charge is 0.382 e. The summed E-state index contributed by atoms with van der Waals surface area (Å²) in [6, 6.07) is 2.18. The SMILES string of the molecule is CN=C(NCCCCOCCOC)NCC(C)c1ccsc1.I. The Labute approximate surface area is 161 Å². The molecule has 0 saturated heterocycles. The van der Waals surface area contributed by atoms with Crippen molar-refractivity contribution in [2.45, 2.75) is 25.7 Å². The summed E-state index contributed by atoms with van der Waals surface area (Å²) < 4.78 is 10.4. The average Bonchev–Trinajstić information content (AvgIpc) is 3.07. The van der Waals surface area contributed by atoms with Crippen molar-refractivity contribution in [2.24, 2.45) is 4.99 Å². The number of rotatable bonds is 11. The van der Waals surface area contributed by atoms with Gasteiger partial charge in [-0.1, -0.05) is 6.92 Å². The minimum atomic E-state index is 0. The number of guanidine groups is 1. The highest BCUT2D eigenvalue weighted by molar-refractivity contribution is 14.0. The Bertz CT molecular complexity index is 402. The van der Waals surface area contributed by atoms with E-state index >= 15 is 0 Å². The third-order valence-electron chi connectivity index (χ3n) is 3.35. The normalized spacial score (nSPS) is 12.6. The van der Waals surface area contributed by atoms with Crippen LogP contribution in [0.2, 0.25) is 0 Å². The van der Waals surface area contributed by atoms with Crippen LogP contribution in [0.15, 0.2) is 21.8 Å². The van der Waals surface area contributed by atoms with Gasteiger partial charge in [-0.3, -0.25) is 4.99 Å². The molecule has 0 aliphatic heterocycles. The fourth-order valence-corrected chi connectivity index (χ4v) is 2.71. The van der Waals surface area contributed by atoms with Gasteiger partial charge < -0.3 is 20.1 Å². The summed E-state index contributed by atoms with van der Waals surface area (Å²) >= 11 is 1.74. The standard InChI is InChI=1S/C16H29N3O2S.HI/c1-14(15-6-11-22-13-15)12-19-16(17-2)18-7-4-5-8-21-10-9-20-3;/h6,11,13-14H,4-5,7-10,12H2,1-3H3,(H2,17,18,19);1H. The number of ether oxygens (including phenoxy) is 2. The molecule has 5 nitrogen and oxygen atoms in total. The van der Waals surface area contributed by atoms with E-state index in [1.165, 1.54) is 5.56 Å². The Morgan fingerprint density at radius 2 is 2.09 bits per heavy atom. The number of hydrogen-bond acceptors (Lipinski definition) is 4. The molecule has 1 heterocycles. The van der Waals surface area contributed by atoms with Gasteiger partial charge in [-0.2, -0.15) is 11.3 Å². The summed E-state index contributed by atoms with van der Waals surface area (Å²) in [5.74, 6) is 1.35. The maximum absolute atomic E-state index is 5.43. The van der Waals surface area contributed by atoms with Crippen molar-refractivity contribution in [3.05, 3.63) is 22.4 Å². The molecule has 134 valence electrons. The number of nitrogens with one attached hydrogen (secondary N) is 2. The van der Waals surface area contributed by atoms with E-state index < -0.39 is 0 Å². The van der Waals surface area contributed by atoms with E-state index in [0.717, 1.165) is 38.5 Å². The molecule has 2 N–H and O–H groups in total. The van der Waals surface area contributed by atoms with E-state index in [0.29, 0.717) is 19.1 Å². The van der Waals surface area contributed by atoms with Crippen LogP contribution in [-0.4, -0.2) is 53.0 Å². The second-order valence-corrected chi connectivity index (χ2v) is 5.93. The van der Waals surface area contributed by atoms with Crippen LogP contribution >= 0.6 is 35.3 Å². The fraction of sp³-hybridized carbons (Fsp3) is 0.688. The number of methoxy groups -OCH3 is 1. The maximum atomic E-state index is 5.43. The molecule has 0 aliphatic rings. The van der Waals surface area contributed by atoms with Gasteiger partial charge in [0.2, 0.25) is 0 Å². The van der Waals surface area contributed by atoms with E-state index in [1.807, 2.05) is 0 Å². The van der Waals surface area contributed by atoms with E-state index in [4.69, 9.17) is 9.47 Å². The molecule has 1 aromatic rings. The van der Waals surface area contributed by atoms with Gasteiger partial charge in [0.05, 0.1) is 13.2 Å². The molecule has 0 aromatic carbocycles. The smallest absolute Gasteiger partial charge is 0.190 e. The summed E-state index contributed by atoms with van der Waals surface area (Å²) in [7, 11) is 3.49. The zero-order valence-corrected chi connectivity index (χ0v) is 17.5. The Kier molecular flexibility index (Phi) is 14.9. The maximum Gasteiger partial charge on any atom is 0.190 e. The number of unbranched alkanes of at least 4 members (excludes halogenated alkanes) is 1. The molecule has 0 spiro atoms. The first kappa shape index (κ1) is 22.6. The third-order valence-corrected chi connectivity index (χ3v) is 4.05. The molecule has 1 unspecified atom stereocenters. The molecule has 0 saturated carbocycles. The van der Waals surface area contributed by atoms with Gasteiger partial charge in [0.15, 0.2) is 5.96 Å². The minimum absolute atomic E-state index is 0. The Balaban J connectivity index is 0.00000484. The first-order chi connectivity index (χ1) is 10.8. The number of thiophene rings is 1. The number of hydrogen-bond donors (Lipinski definition) is 2. The van der Waals surface area contributed by atoms with Crippen molar-refractivity contribution < 1.29 is 9.47 Å². The van der Waals surface area contributed by atoms with Crippen LogP contribution in [0.1, 0.15) is 31.2 Å². The molecule has 1 atom stereocenters. The van der Waals surface area contributed by atoms with Crippen LogP contribution in [0.5, 0.6) is 0 Å². The van der Waals surface area contributed by atoms with Crippen molar-refractivity contribution in [3.63, 3.8) is 0 Å². The van der Waals surface area contributed by atoms with Gasteiger partial charge in [-0.15, -0.1) is 24.0 Å². The second-order valence-electron chi connectivity index (χ2n) is 5.15. The highest BCUT2D eigenvalue weighted by Crippen LogP contribution is 2.16. The molecule has 23 heavy (non-hydrogen) atoms. The molecule has 0 amide bonds. The highest BCUT2D eigenvalue weighted by atomic mass is 127. The van der Waals surface area contributed by atoms with Gasteiger partial charge in [0.25, 0.3) is 0 Å². The van der Waals surface area contributed by atoms with Crippen molar-refractivity contribution in [3.8, 4) is 0 Å². The quantitative estimate of drug-likeness (QED) is 0.233. The molecule has 0 fully saturated rings. The van der Waals surface area contributed by atoms with Crippen LogP contribution in [0.4, 0.5) is 0 Å². The lowest BCUT2D eigenvalue weighted by molar-refractivity contribution is 0.0689. The molecule has 0 aliphatic carbocycles. The highest BCUT2D eigenvalue weighted by Gasteiger charge is 2.06. The zero-order valence-electron chi connectivity index (χ0n) is 14.3. The molecule has 1 rings (SSSR count). The summed E-state index contributed by atoms with van der Waals surface area (Å²) in [6.45, 7) is 6.13. The van der Waals surface area contributed by atoms with Crippen LogP contribution < -0.4 is 10.6 Å². The summed E-state index contributed by atoms with van der Waals surface area (Å²) in [5, 5.41) is 11.0. The summed E-state index contributed by atoms with van der Waals surface area (Å²) in [4.78, 5) is 4.25. The van der Waals surface area contributed by atoms with E-state index in [-0.39, 0.29) is 24.0 Å². The summed E-state index contributed by atoms with van der Waals surface area (Å²) in [5.41, 5.74) is 1.38. The Morgan fingerprint density at radius 1 is 1.26 bits per heavy atom. The second kappa shape index (κ2) is 15.2. The topological polar surface area (TPSA) is 54.9 Å². The average molecular weight is 455 g/mol. The first-order valence-electron chi connectivity index (χ1n) is 7.81. The van der Waals surface area contributed by atoms with Crippen LogP contribution in [-0.2, 0) is 9.47 Å². The van der Waals surface area contributed by atoms with Gasteiger partial charge >= 0.3 is 0 Å². The van der Waals surface area contributed by atoms with Crippen LogP contribution in [0, 0.1) is 0 Å². The molecule has 0 bridgehead atoms. The summed E-state index contributed by atoms with van der Waals surface area (Å²) in [6.07, 6.45) is 2.10. The Hall–Kier alpha value is -0.380. The van der Waals surface area contributed by atoms with Crippen LogP contribution in [0.3, 0.4) is 0 Å². The molecule has 7 heteroatoms. The molecular formula is C16H30IN3O2S. The van der Waals surface area contributed by atoms with Gasteiger partial charge in [0.1, 0.15) is 0 Å². The van der Waals surface area contributed by atoms with Crippen molar-refractivity contribution in [2.75, 3.05) is 47.1 Å². The van der Waals surface area contributed by atoms with Gasteiger partial charge in [-0.25, -0.2) is 0 Å². The Morgan fingerprint density at radius 3 is 2.74 bits per heavy atom. The van der Waals surface area contributed by atoms with Crippen molar-refractivity contribution >= 4 is 41.3 Å². The van der Waals surface area contributed by atoms with E-state index in [1.54, 1.807) is 25.5 Å². The van der Waals surface area contributed by atoms with E-state index in [9.17, 15) is 0 Å². The lowest BCUT2D eigenvalue weighted by atomic mass is 10.1. The number of aliphatic imine (C=N–C) groups is 1. The predicted molar refractivity (Wildman–Crippen MR) is 109 cm³/mol.